The number of nitrogens with zero attached hydrogens (tertiary/aromatic N) is 2. The van der Waals surface area contributed by atoms with Crippen LogP contribution in [0, 0.1) is 12.8 Å². The number of hydrogen-bond donors (Lipinski definition) is 2. The molecule has 0 aromatic carbocycles. The molecule has 1 fully saturated rings. The molecule has 3 N–H and O–H groups in total. The quantitative estimate of drug-likeness (QED) is 0.852. The largest absolute Gasteiger partial charge is 0.330 e. The van der Waals surface area contributed by atoms with Crippen molar-refractivity contribution >= 4 is 15.9 Å². The average molecular weight is 284 g/mol. The van der Waals surface area contributed by atoms with Crippen LogP contribution in [0.25, 0.3) is 0 Å². The van der Waals surface area contributed by atoms with Crippen LogP contribution in [0.3, 0.4) is 0 Å². The minimum atomic E-state index is -3.50. The van der Waals surface area contributed by atoms with Crippen molar-refractivity contribution in [1.82, 2.24) is 9.29 Å². The molecule has 1 unspecified atom stereocenters. The zero-order valence-electron chi connectivity index (χ0n) is 11.0. The molecule has 1 aliphatic rings. The predicted octanol–water partition coefficient (Wildman–Crippen LogP) is 0.717. The van der Waals surface area contributed by atoms with Gasteiger partial charge in [-0.15, -0.1) is 0 Å². The zero-order valence-corrected chi connectivity index (χ0v) is 11.9. The van der Waals surface area contributed by atoms with E-state index >= 15 is 0 Å². The molecule has 19 heavy (non-hydrogen) atoms. The summed E-state index contributed by atoms with van der Waals surface area (Å²) in [6, 6.07) is 3.36. The Hall–Kier alpha value is -1.18. The van der Waals surface area contributed by atoms with E-state index in [0.717, 1.165) is 18.5 Å². The molecular weight excluding hydrogens is 264 g/mol. The third-order valence-electron chi connectivity index (χ3n) is 3.30. The summed E-state index contributed by atoms with van der Waals surface area (Å²) in [5.74, 6) is 0.254. The number of anilines is 1. The van der Waals surface area contributed by atoms with Crippen LogP contribution in [0.15, 0.2) is 18.3 Å². The lowest BCUT2D eigenvalue weighted by Crippen LogP contribution is -2.44. The van der Waals surface area contributed by atoms with E-state index in [1.54, 1.807) is 18.3 Å². The average Bonchev–Trinajstić information content (AvgIpc) is 2.38. The van der Waals surface area contributed by atoms with Crippen molar-refractivity contribution in [2.24, 2.45) is 11.7 Å². The second kappa shape index (κ2) is 5.85. The lowest BCUT2D eigenvalue weighted by Gasteiger charge is -2.31. The molecule has 1 saturated heterocycles. The Kier molecular flexibility index (Phi) is 4.38. The minimum absolute atomic E-state index is 0.254. The second-order valence-electron chi connectivity index (χ2n) is 4.89. The fourth-order valence-corrected chi connectivity index (χ4v) is 3.59. The number of aromatic nitrogens is 1. The lowest BCUT2D eigenvalue weighted by molar-refractivity contribution is 0.273. The van der Waals surface area contributed by atoms with E-state index in [0.29, 0.717) is 25.3 Å². The van der Waals surface area contributed by atoms with Gasteiger partial charge in [-0.05, 0) is 44.4 Å². The lowest BCUT2D eigenvalue weighted by atomic mass is 10.0. The molecule has 1 aromatic rings. The van der Waals surface area contributed by atoms with Gasteiger partial charge in [0, 0.05) is 25.0 Å². The second-order valence-corrected chi connectivity index (χ2v) is 6.57. The maximum absolute atomic E-state index is 12.3. The van der Waals surface area contributed by atoms with Gasteiger partial charge in [0.2, 0.25) is 0 Å². The summed E-state index contributed by atoms with van der Waals surface area (Å²) in [6.45, 7) is 3.40. The summed E-state index contributed by atoms with van der Waals surface area (Å²) >= 11 is 0. The van der Waals surface area contributed by atoms with Gasteiger partial charge in [0.15, 0.2) is 0 Å². The van der Waals surface area contributed by atoms with Crippen LogP contribution < -0.4 is 10.5 Å². The standard InChI is InChI=1S/C12H20N4O2S/c1-10-7-12(4-5-14-10)15-19(17,18)16-6-2-3-11(8-13)9-16/h4-5,7,11H,2-3,6,8-9,13H2,1H3,(H,14,15). The van der Waals surface area contributed by atoms with Crippen LogP contribution in [0.1, 0.15) is 18.5 Å². The summed E-state index contributed by atoms with van der Waals surface area (Å²) in [5, 5.41) is 0. The number of rotatable bonds is 4. The molecule has 1 aliphatic heterocycles. The number of nitrogens with two attached hydrogens (primary N) is 1. The molecule has 1 atom stereocenters. The summed E-state index contributed by atoms with van der Waals surface area (Å²) in [4.78, 5) is 4.04. The van der Waals surface area contributed by atoms with Crippen molar-refractivity contribution in [2.45, 2.75) is 19.8 Å². The molecule has 1 aromatic heterocycles. The number of aryl methyl sites for hydroxylation is 1. The fraction of sp³-hybridized carbons (Fsp3) is 0.583. The van der Waals surface area contributed by atoms with Crippen molar-refractivity contribution < 1.29 is 8.42 Å². The summed E-state index contributed by atoms with van der Waals surface area (Å²) < 4.78 is 28.6. The summed E-state index contributed by atoms with van der Waals surface area (Å²) in [5.41, 5.74) is 6.95. The summed E-state index contributed by atoms with van der Waals surface area (Å²) in [7, 11) is -3.50. The highest BCUT2D eigenvalue weighted by Gasteiger charge is 2.28. The van der Waals surface area contributed by atoms with Crippen LogP contribution >= 0.6 is 0 Å². The van der Waals surface area contributed by atoms with Gasteiger partial charge in [-0.3, -0.25) is 9.71 Å². The molecule has 0 amide bonds. The third-order valence-corrected chi connectivity index (χ3v) is 4.80. The first-order chi connectivity index (χ1) is 9.01. The van der Waals surface area contributed by atoms with Gasteiger partial charge in [-0.25, -0.2) is 0 Å². The summed E-state index contributed by atoms with van der Waals surface area (Å²) in [6.07, 6.45) is 3.45. The van der Waals surface area contributed by atoms with Gasteiger partial charge in [0.05, 0.1) is 5.69 Å². The zero-order chi connectivity index (χ0) is 13.9. The number of pyridine rings is 1. The molecule has 0 bridgehead atoms. The van der Waals surface area contributed by atoms with Crippen LogP contribution in [-0.4, -0.2) is 37.3 Å². The van der Waals surface area contributed by atoms with Gasteiger partial charge in [0.25, 0.3) is 0 Å². The van der Waals surface area contributed by atoms with Gasteiger partial charge < -0.3 is 5.73 Å². The van der Waals surface area contributed by atoms with E-state index in [4.69, 9.17) is 5.73 Å². The van der Waals surface area contributed by atoms with Crippen LogP contribution in [0.2, 0.25) is 0 Å². The molecule has 0 aliphatic carbocycles. The monoisotopic (exact) mass is 284 g/mol. The first-order valence-corrected chi connectivity index (χ1v) is 7.86. The Morgan fingerprint density at radius 2 is 2.37 bits per heavy atom. The highest BCUT2D eigenvalue weighted by molar-refractivity contribution is 7.90. The SMILES string of the molecule is Cc1cc(NS(=O)(=O)N2CCCC(CN)C2)ccn1. The fourth-order valence-electron chi connectivity index (χ4n) is 2.26. The molecular formula is C12H20N4O2S. The molecule has 0 spiro atoms. The molecule has 0 radical (unpaired) electrons. The van der Waals surface area contributed by atoms with E-state index in [9.17, 15) is 8.42 Å². The van der Waals surface area contributed by atoms with E-state index in [1.807, 2.05) is 6.92 Å². The van der Waals surface area contributed by atoms with Gasteiger partial charge in [-0.2, -0.15) is 12.7 Å². The topological polar surface area (TPSA) is 88.3 Å². The van der Waals surface area contributed by atoms with Crippen LogP contribution in [-0.2, 0) is 10.2 Å². The van der Waals surface area contributed by atoms with E-state index in [-0.39, 0.29) is 5.92 Å². The van der Waals surface area contributed by atoms with Crippen molar-refractivity contribution in [1.29, 1.82) is 0 Å². The first-order valence-electron chi connectivity index (χ1n) is 6.42. The molecule has 106 valence electrons. The Morgan fingerprint density at radius 3 is 3.05 bits per heavy atom. The van der Waals surface area contributed by atoms with Crippen LogP contribution in [0.4, 0.5) is 5.69 Å². The molecule has 0 saturated carbocycles. The number of piperidine rings is 1. The predicted molar refractivity (Wildman–Crippen MR) is 74.9 cm³/mol. The van der Waals surface area contributed by atoms with Gasteiger partial charge in [0.1, 0.15) is 0 Å². The maximum atomic E-state index is 12.3. The highest BCUT2D eigenvalue weighted by Crippen LogP contribution is 2.20. The highest BCUT2D eigenvalue weighted by atomic mass is 32.2. The Balaban J connectivity index is 2.09. The Morgan fingerprint density at radius 1 is 1.58 bits per heavy atom. The Labute approximate surface area is 114 Å². The van der Waals surface area contributed by atoms with E-state index < -0.39 is 10.2 Å². The van der Waals surface area contributed by atoms with Crippen molar-refractivity contribution in [2.75, 3.05) is 24.4 Å². The first kappa shape index (κ1) is 14.2. The molecule has 7 heteroatoms. The smallest absolute Gasteiger partial charge is 0.301 e. The third kappa shape index (κ3) is 3.65. The van der Waals surface area contributed by atoms with E-state index in [2.05, 4.69) is 9.71 Å². The number of hydrogen-bond acceptors (Lipinski definition) is 4. The van der Waals surface area contributed by atoms with Gasteiger partial charge in [-0.1, -0.05) is 0 Å². The van der Waals surface area contributed by atoms with Crippen molar-refractivity contribution in [3.63, 3.8) is 0 Å². The van der Waals surface area contributed by atoms with Crippen molar-refractivity contribution in [3.05, 3.63) is 24.0 Å². The normalized spacial score (nSPS) is 21.3. The molecule has 2 rings (SSSR count). The minimum Gasteiger partial charge on any atom is -0.330 e. The Bertz CT molecular complexity index is 532. The molecule has 6 nitrogen and oxygen atoms in total. The number of nitrogens with one attached hydrogen (secondary N) is 1. The maximum Gasteiger partial charge on any atom is 0.301 e. The van der Waals surface area contributed by atoms with E-state index in [1.165, 1.54) is 4.31 Å². The van der Waals surface area contributed by atoms with Gasteiger partial charge >= 0.3 is 10.2 Å². The van der Waals surface area contributed by atoms with Crippen LogP contribution in [0.5, 0.6) is 0 Å². The molecule has 2 heterocycles. The van der Waals surface area contributed by atoms with Crippen molar-refractivity contribution in [3.8, 4) is 0 Å².